The van der Waals surface area contributed by atoms with Crippen LogP contribution in [-0.4, -0.2) is 32.4 Å². The minimum atomic E-state index is -3.96. The lowest BCUT2D eigenvalue weighted by molar-refractivity contribution is -0.114. The summed E-state index contributed by atoms with van der Waals surface area (Å²) in [6, 6.07) is 9.07. The molecule has 1 heterocycles. The molecule has 0 radical (unpaired) electrons. The molecule has 0 atom stereocenters. The quantitative estimate of drug-likeness (QED) is 0.648. The first kappa shape index (κ1) is 17.4. The van der Waals surface area contributed by atoms with Crippen LogP contribution in [-0.2, 0) is 19.6 Å². The van der Waals surface area contributed by atoms with Crippen LogP contribution in [0.3, 0.4) is 0 Å². The third kappa shape index (κ3) is 4.50. The summed E-state index contributed by atoms with van der Waals surface area (Å²) >= 11 is 0. The SMILES string of the molecule is COC(=O)c1ccc(C=CC(=O)NS(=O)(=O)c2cccnc2)cc1. The highest BCUT2D eigenvalue weighted by Crippen LogP contribution is 2.08. The molecule has 2 rings (SSSR count). The molecule has 0 bridgehead atoms. The van der Waals surface area contributed by atoms with E-state index in [4.69, 9.17) is 0 Å². The van der Waals surface area contributed by atoms with E-state index in [0.29, 0.717) is 11.1 Å². The van der Waals surface area contributed by atoms with E-state index in [1.165, 1.54) is 43.6 Å². The highest BCUT2D eigenvalue weighted by Gasteiger charge is 2.15. The van der Waals surface area contributed by atoms with Crippen molar-refractivity contribution in [2.45, 2.75) is 4.90 Å². The van der Waals surface area contributed by atoms with Crippen LogP contribution in [0.2, 0.25) is 0 Å². The van der Waals surface area contributed by atoms with Gasteiger partial charge in [0.1, 0.15) is 4.90 Å². The number of sulfonamides is 1. The smallest absolute Gasteiger partial charge is 0.337 e. The standard InChI is InChI=1S/C16H14N2O5S/c1-23-16(20)13-7-4-12(5-8-13)6-9-15(19)18-24(21,22)14-3-2-10-17-11-14/h2-11H,1H3,(H,18,19). The molecule has 0 aliphatic heterocycles. The number of ether oxygens (including phenoxy) is 1. The molecule has 2 aromatic rings. The summed E-state index contributed by atoms with van der Waals surface area (Å²) in [5.74, 6) is -1.26. The third-order valence-electron chi connectivity index (χ3n) is 2.94. The molecule has 0 aliphatic carbocycles. The third-order valence-corrected chi connectivity index (χ3v) is 4.27. The summed E-state index contributed by atoms with van der Waals surface area (Å²) < 4.78 is 30.4. The second-order valence-electron chi connectivity index (χ2n) is 4.61. The zero-order valence-electron chi connectivity index (χ0n) is 12.7. The van der Waals surface area contributed by atoms with Gasteiger partial charge in [-0.05, 0) is 35.9 Å². The lowest BCUT2D eigenvalue weighted by atomic mass is 10.1. The number of esters is 1. The largest absolute Gasteiger partial charge is 0.465 e. The number of nitrogens with one attached hydrogen (secondary N) is 1. The fraction of sp³-hybridized carbons (Fsp3) is 0.0625. The van der Waals surface area contributed by atoms with Gasteiger partial charge >= 0.3 is 5.97 Å². The molecule has 0 saturated carbocycles. The lowest BCUT2D eigenvalue weighted by Gasteiger charge is -2.03. The molecule has 0 fully saturated rings. The van der Waals surface area contributed by atoms with E-state index in [-0.39, 0.29) is 4.90 Å². The van der Waals surface area contributed by atoms with Gasteiger partial charge in [-0.15, -0.1) is 0 Å². The van der Waals surface area contributed by atoms with Gasteiger partial charge in [0.15, 0.2) is 0 Å². The van der Waals surface area contributed by atoms with E-state index in [1.54, 1.807) is 12.1 Å². The minimum Gasteiger partial charge on any atom is -0.465 e. The summed E-state index contributed by atoms with van der Waals surface area (Å²) in [6.07, 6.45) is 5.08. The predicted octanol–water partition coefficient (Wildman–Crippen LogP) is 1.39. The van der Waals surface area contributed by atoms with Crippen molar-refractivity contribution in [1.82, 2.24) is 9.71 Å². The molecule has 0 spiro atoms. The van der Waals surface area contributed by atoms with Crippen molar-refractivity contribution in [3.8, 4) is 0 Å². The molecular formula is C16H14N2O5S. The van der Waals surface area contributed by atoms with E-state index in [0.717, 1.165) is 12.3 Å². The highest BCUT2D eigenvalue weighted by atomic mass is 32.2. The van der Waals surface area contributed by atoms with E-state index < -0.39 is 21.9 Å². The molecule has 1 N–H and O–H groups in total. The maximum Gasteiger partial charge on any atom is 0.337 e. The number of carbonyl (C=O) groups is 2. The maximum atomic E-state index is 11.9. The highest BCUT2D eigenvalue weighted by molar-refractivity contribution is 7.90. The minimum absolute atomic E-state index is 0.103. The topological polar surface area (TPSA) is 102 Å². The predicted molar refractivity (Wildman–Crippen MR) is 86.4 cm³/mol. The first-order chi connectivity index (χ1) is 11.4. The molecule has 1 aromatic carbocycles. The Kier molecular flexibility index (Phi) is 5.43. The average molecular weight is 346 g/mol. The van der Waals surface area contributed by atoms with Crippen LogP contribution in [0.25, 0.3) is 6.08 Å². The van der Waals surface area contributed by atoms with Crippen molar-refractivity contribution in [1.29, 1.82) is 0 Å². The average Bonchev–Trinajstić information content (AvgIpc) is 2.60. The normalized spacial score (nSPS) is 11.2. The van der Waals surface area contributed by atoms with E-state index in [2.05, 4.69) is 9.72 Å². The van der Waals surface area contributed by atoms with Gasteiger partial charge in [-0.25, -0.2) is 17.9 Å². The molecular weight excluding hydrogens is 332 g/mol. The van der Waals surface area contributed by atoms with Gasteiger partial charge in [0.05, 0.1) is 12.7 Å². The van der Waals surface area contributed by atoms with Crippen LogP contribution in [0.15, 0.2) is 59.8 Å². The second kappa shape index (κ2) is 7.51. The van der Waals surface area contributed by atoms with E-state index >= 15 is 0 Å². The zero-order chi connectivity index (χ0) is 17.6. The Bertz CT molecular complexity index is 859. The van der Waals surface area contributed by atoms with Crippen molar-refractivity contribution in [3.63, 3.8) is 0 Å². The van der Waals surface area contributed by atoms with Gasteiger partial charge < -0.3 is 4.74 Å². The van der Waals surface area contributed by atoms with Gasteiger partial charge in [-0.3, -0.25) is 9.78 Å². The molecule has 124 valence electrons. The van der Waals surface area contributed by atoms with Gasteiger partial charge in [0.25, 0.3) is 15.9 Å². The maximum absolute atomic E-state index is 11.9. The number of carbonyl (C=O) groups excluding carboxylic acids is 2. The van der Waals surface area contributed by atoms with Crippen LogP contribution in [0.4, 0.5) is 0 Å². The Morgan fingerprint density at radius 2 is 1.88 bits per heavy atom. The van der Waals surface area contributed by atoms with Gasteiger partial charge in [0, 0.05) is 18.5 Å². The van der Waals surface area contributed by atoms with Gasteiger partial charge in [0.2, 0.25) is 0 Å². The monoisotopic (exact) mass is 346 g/mol. The number of rotatable bonds is 5. The van der Waals surface area contributed by atoms with Crippen molar-refractivity contribution in [3.05, 3.63) is 66.0 Å². The molecule has 0 unspecified atom stereocenters. The molecule has 1 amide bonds. The summed E-state index contributed by atoms with van der Waals surface area (Å²) in [4.78, 5) is 26.7. The van der Waals surface area contributed by atoms with Gasteiger partial charge in [-0.1, -0.05) is 12.1 Å². The van der Waals surface area contributed by atoms with Crippen LogP contribution in [0, 0.1) is 0 Å². The van der Waals surface area contributed by atoms with Crippen molar-refractivity contribution in [2.75, 3.05) is 7.11 Å². The number of pyridine rings is 1. The molecule has 24 heavy (non-hydrogen) atoms. The van der Waals surface area contributed by atoms with E-state index in [9.17, 15) is 18.0 Å². The number of methoxy groups -OCH3 is 1. The molecule has 0 aliphatic rings. The molecule has 1 aromatic heterocycles. The number of hydrogen-bond donors (Lipinski definition) is 1. The number of nitrogens with zero attached hydrogens (tertiary/aromatic N) is 1. The second-order valence-corrected chi connectivity index (χ2v) is 6.29. The fourth-order valence-corrected chi connectivity index (χ4v) is 2.66. The number of hydrogen-bond acceptors (Lipinski definition) is 6. The van der Waals surface area contributed by atoms with Crippen molar-refractivity contribution in [2.24, 2.45) is 0 Å². The van der Waals surface area contributed by atoms with Crippen LogP contribution < -0.4 is 4.72 Å². The van der Waals surface area contributed by atoms with Crippen LogP contribution in [0.1, 0.15) is 15.9 Å². The zero-order valence-corrected chi connectivity index (χ0v) is 13.5. The fourth-order valence-electron chi connectivity index (χ4n) is 1.75. The Balaban J connectivity index is 2.04. The summed E-state index contributed by atoms with van der Waals surface area (Å²) in [5.41, 5.74) is 0.995. The molecule has 7 nitrogen and oxygen atoms in total. The Labute approximate surface area is 139 Å². The lowest BCUT2D eigenvalue weighted by Crippen LogP contribution is -2.29. The van der Waals surface area contributed by atoms with Crippen molar-refractivity contribution < 1.29 is 22.7 Å². The van der Waals surface area contributed by atoms with Crippen LogP contribution in [0.5, 0.6) is 0 Å². The van der Waals surface area contributed by atoms with Gasteiger partial charge in [-0.2, -0.15) is 0 Å². The Morgan fingerprint density at radius 3 is 2.46 bits per heavy atom. The number of aromatic nitrogens is 1. The first-order valence-electron chi connectivity index (χ1n) is 6.75. The first-order valence-corrected chi connectivity index (χ1v) is 8.24. The van der Waals surface area contributed by atoms with E-state index in [1.807, 2.05) is 4.72 Å². The Hall–Kier alpha value is -3.00. The van der Waals surface area contributed by atoms with Crippen LogP contribution >= 0.6 is 0 Å². The number of benzene rings is 1. The summed E-state index contributed by atoms with van der Waals surface area (Å²) in [6.45, 7) is 0. The van der Waals surface area contributed by atoms with Crippen molar-refractivity contribution >= 4 is 28.0 Å². The summed E-state index contributed by atoms with van der Waals surface area (Å²) in [7, 11) is -2.68. The summed E-state index contributed by atoms with van der Waals surface area (Å²) in [5, 5.41) is 0. The molecule has 8 heteroatoms. The molecule has 0 saturated heterocycles. The Morgan fingerprint density at radius 1 is 1.17 bits per heavy atom. The number of amides is 1.